The maximum Gasteiger partial charge on any atom is 0.265 e. The van der Waals surface area contributed by atoms with Crippen molar-refractivity contribution in [2.24, 2.45) is 0 Å². The van der Waals surface area contributed by atoms with Crippen LogP contribution in [0.3, 0.4) is 0 Å². The number of ether oxygens (including phenoxy) is 1. The average Bonchev–Trinajstić information content (AvgIpc) is 2.49. The van der Waals surface area contributed by atoms with Crippen LogP contribution in [0.4, 0.5) is 5.69 Å². The number of hydrogen-bond acceptors (Lipinski definition) is 2. The lowest BCUT2D eigenvalue weighted by Gasteiger charge is -2.20. The fourth-order valence-corrected chi connectivity index (χ4v) is 2.27. The molecule has 0 bridgehead atoms. The van der Waals surface area contributed by atoms with E-state index >= 15 is 0 Å². The number of amides is 1. The summed E-state index contributed by atoms with van der Waals surface area (Å²) in [5, 5.41) is 3.27. The number of carbonyl (C=O) groups is 1. The van der Waals surface area contributed by atoms with Crippen LogP contribution in [0.2, 0.25) is 5.02 Å². The molecule has 0 aromatic heterocycles. The third-order valence-electron chi connectivity index (χ3n) is 3.53. The molecule has 0 aliphatic rings. The van der Waals surface area contributed by atoms with Crippen molar-refractivity contribution in [2.45, 2.75) is 39.2 Å². The Labute approximate surface area is 142 Å². The molecule has 4 heteroatoms. The minimum atomic E-state index is -0.619. The number of halogens is 1. The van der Waals surface area contributed by atoms with E-state index in [1.807, 2.05) is 36.4 Å². The highest BCUT2D eigenvalue weighted by Crippen LogP contribution is 2.25. The van der Waals surface area contributed by atoms with Gasteiger partial charge in [0, 0.05) is 0 Å². The molecule has 23 heavy (non-hydrogen) atoms. The van der Waals surface area contributed by atoms with Gasteiger partial charge in [0.05, 0.1) is 10.7 Å². The lowest BCUT2D eigenvalue weighted by molar-refractivity contribution is -0.122. The molecule has 0 spiro atoms. The number of para-hydroxylation sites is 1. The summed E-state index contributed by atoms with van der Waals surface area (Å²) < 4.78 is 5.70. The summed E-state index contributed by atoms with van der Waals surface area (Å²) in [7, 11) is 0. The zero-order valence-corrected chi connectivity index (χ0v) is 14.6. The Hall–Kier alpha value is -2.00. The summed E-state index contributed by atoms with van der Waals surface area (Å²) >= 11 is 6.04. The van der Waals surface area contributed by atoms with Crippen molar-refractivity contribution in [3.8, 4) is 5.75 Å². The molecular weight excluding hydrogens is 310 g/mol. The fraction of sp³-hybridized carbons (Fsp3) is 0.316. The monoisotopic (exact) mass is 331 g/mol. The molecule has 1 atom stereocenters. The van der Waals surface area contributed by atoms with Gasteiger partial charge in [-0.3, -0.25) is 4.79 Å². The molecule has 2 aromatic carbocycles. The van der Waals surface area contributed by atoms with Crippen LogP contribution in [0.1, 0.15) is 33.3 Å². The quantitative estimate of drug-likeness (QED) is 0.852. The number of benzene rings is 2. The van der Waals surface area contributed by atoms with Crippen LogP contribution in [-0.4, -0.2) is 12.0 Å². The van der Waals surface area contributed by atoms with E-state index in [1.165, 1.54) is 5.56 Å². The van der Waals surface area contributed by atoms with Gasteiger partial charge >= 0.3 is 0 Å². The molecule has 0 fully saturated rings. The van der Waals surface area contributed by atoms with E-state index in [1.54, 1.807) is 19.1 Å². The van der Waals surface area contributed by atoms with Gasteiger partial charge < -0.3 is 10.1 Å². The molecule has 0 heterocycles. The molecule has 0 aliphatic carbocycles. The standard InChI is InChI=1S/C19H22ClNO2/c1-13(18(22)21-17-8-6-5-7-16(17)20)23-15-11-9-14(10-12-15)19(2,3)4/h5-13H,1-4H3,(H,21,22). The Kier molecular flexibility index (Phi) is 5.32. The third-order valence-corrected chi connectivity index (χ3v) is 3.86. The highest BCUT2D eigenvalue weighted by molar-refractivity contribution is 6.33. The van der Waals surface area contributed by atoms with E-state index in [0.717, 1.165) is 0 Å². The van der Waals surface area contributed by atoms with Crippen LogP contribution in [0.15, 0.2) is 48.5 Å². The van der Waals surface area contributed by atoms with Crippen LogP contribution >= 0.6 is 11.6 Å². The number of hydrogen-bond donors (Lipinski definition) is 1. The predicted octanol–water partition coefficient (Wildman–Crippen LogP) is 5.04. The number of carbonyl (C=O) groups excluding carboxylic acids is 1. The maximum atomic E-state index is 12.2. The van der Waals surface area contributed by atoms with Gasteiger partial charge in [0.15, 0.2) is 6.10 Å². The van der Waals surface area contributed by atoms with Crippen LogP contribution < -0.4 is 10.1 Å². The highest BCUT2D eigenvalue weighted by Gasteiger charge is 2.17. The molecule has 3 nitrogen and oxygen atoms in total. The summed E-state index contributed by atoms with van der Waals surface area (Å²) in [5.41, 5.74) is 1.89. The summed E-state index contributed by atoms with van der Waals surface area (Å²) in [5.74, 6) is 0.429. The summed E-state index contributed by atoms with van der Waals surface area (Å²) in [6.07, 6.45) is -0.619. The summed E-state index contributed by atoms with van der Waals surface area (Å²) in [6, 6.07) is 14.9. The van der Waals surface area contributed by atoms with Gasteiger partial charge in [0.25, 0.3) is 5.91 Å². The van der Waals surface area contributed by atoms with Gasteiger partial charge in [-0.2, -0.15) is 0 Å². The molecule has 0 saturated heterocycles. The fourth-order valence-electron chi connectivity index (χ4n) is 2.09. The van der Waals surface area contributed by atoms with Gasteiger partial charge in [-0.1, -0.05) is 56.6 Å². The van der Waals surface area contributed by atoms with E-state index in [4.69, 9.17) is 16.3 Å². The van der Waals surface area contributed by atoms with Crippen molar-refractivity contribution in [2.75, 3.05) is 5.32 Å². The van der Waals surface area contributed by atoms with E-state index in [9.17, 15) is 4.79 Å². The minimum Gasteiger partial charge on any atom is -0.481 e. The molecule has 2 aromatic rings. The highest BCUT2D eigenvalue weighted by atomic mass is 35.5. The smallest absolute Gasteiger partial charge is 0.265 e. The van der Waals surface area contributed by atoms with Crippen LogP contribution in [0.25, 0.3) is 0 Å². The molecule has 1 amide bonds. The Morgan fingerprint density at radius 2 is 1.70 bits per heavy atom. The third kappa shape index (κ3) is 4.73. The number of anilines is 1. The van der Waals surface area contributed by atoms with E-state index < -0.39 is 6.10 Å². The molecule has 1 N–H and O–H groups in total. The second-order valence-electron chi connectivity index (χ2n) is 6.50. The Morgan fingerprint density at radius 1 is 1.09 bits per heavy atom. The normalized spacial score (nSPS) is 12.6. The second-order valence-corrected chi connectivity index (χ2v) is 6.91. The first kappa shape index (κ1) is 17.4. The zero-order valence-electron chi connectivity index (χ0n) is 13.9. The van der Waals surface area contributed by atoms with Crippen molar-refractivity contribution in [1.82, 2.24) is 0 Å². The lowest BCUT2D eigenvalue weighted by Crippen LogP contribution is -2.30. The topological polar surface area (TPSA) is 38.3 Å². The molecule has 0 saturated carbocycles. The Morgan fingerprint density at radius 3 is 2.26 bits per heavy atom. The molecule has 122 valence electrons. The van der Waals surface area contributed by atoms with Crippen molar-refractivity contribution in [1.29, 1.82) is 0 Å². The average molecular weight is 332 g/mol. The van der Waals surface area contributed by atoms with Crippen LogP contribution in [-0.2, 0) is 10.2 Å². The van der Waals surface area contributed by atoms with Gasteiger partial charge in [0.2, 0.25) is 0 Å². The summed E-state index contributed by atoms with van der Waals surface area (Å²) in [4.78, 5) is 12.2. The molecule has 0 radical (unpaired) electrons. The van der Waals surface area contributed by atoms with Gasteiger partial charge in [-0.05, 0) is 42.2 Å². The first-order chi connectivity index (χ1) is 10.8. The van der Waals surface area contributed by atoms with E-state index in [0.29, 0.717) is 16.5 Å². The van der Waals surface area contributed by atoms with Crippen LogP contribution in [0, 0.1) is 0 Å². The second kappa shape index (κ2) is 7.05. The van der Waals surface area contributed by atoms with E-state index in [2.05, 4.69) is 26.1 Å². The van der Waals surface area contributed by atoms with Crippen molar-refractivity contribution < 1.29 is 9.53 Å². The molecular formula is C19H22ClNO2. The van der Waals surface area contributed by atoms with Gasteiger partial charge in [0.1, 0.15) is 5.75 Å². The predicted molar refractivity (Wildman–Crippen MR) is 95.3 cm³/mol. The molecule has 1 unspecified atom stereocenters. The lowest BCUT2D eigenvalue weighted by atomic mass is 9.87. The van der Waals surface area contributed by atoms with Crippen LogP contribution in [0.5, 0.6) is 5.75 Å². The van der Waals surface area contributed by atoms with Crippen molar-refractivity contribution in [3.63, 3.8) is 0 Å². The molecule has 0 aliphatic heterocycles. The SMILES string of the molecule is CC(Oc1ccc(C(C)(C)C)cc1)C(=O)Nc1ccccc1Cl. The number of nitrogens with one attached hydrogen (secondary N) is 1. The number of rotatable bonds is 4. The first-order valence-corrected chi connectivity index (χ1v) is 7.98. The first-order valence-electron chi connectivity index (χ1n) is 7.60. The largest absolute Gasteiger partial charge is 0.481 e. The Balaban J connectivity index is 2.00. The van der Waals surface area contributed by atoms with Crippen molar-refractivity contribution in [3.05, 3.63) is 59.1 Å². The zero-order chi connectivity index (χ0) is 17.0. The maximum absolute atomic E-state index is 12.2. The minimum absolute atomic E-state index is 0.0889. The summed E-state index contributed by atoms with van der Waals surface area (Å²) in [6.45, 7) is 8.18. The Bertz CT molecular complexity index is 675. The van der Waals surface area contributed by atoms with Gasteiger partial charge in [-0.15, -0.1) is 0 Å². The van der Waals surface area contributed by atoms with Crippen molar-refractivity contribution >= 4 is 23.2 Å². The van der Waals surface area contributed by atoms with Gasteiger partial charge in [-0.25, -0.2) is 0 Å². The van der Waals surface area contributed by atoms with E-state index in [-0.39, 0.29) is 11.3 Å². The molecule has 2 rings (SSSR count).